The van der Waals surface area contributed by atoms with Gasteiger partial charge in [0.1, 0.15) is 6.20 Å². The highest BCUT2D eigenvalue weighted by atomic mass is 16.6. The van der Waals surface area contributed by atoms with E-state index in [1.165, 1.54) is 30.5 Å². The Labute approximate surface area is 123 Å². The summed E-state index contributed by atoms with van der Waals surface area (Å²) in [7, 11) is 0. The third-order valence-electron chi connectivity index (χ3n) is 3.89. The number of non-ortho nitro benzene ring substituents is 1. The van der Waals surface area contributed by atoms with E-state index in [1.54, 1.807) is 24.3 Å². The number of hydroxylamine groups is 2. The fourth-order valence-electron chi connectivity index (χ4n) is 2.84. The third kappa shape index (κ3) is 1.49. The predicted octanol–water partition coefficient (Wildman–Crippen LogP) is 1.19. The Balaban J connectivity index is 2.07. The van der Waals surface area contributed by atoms with Crippen LogP contribution in [0.2, 0.25) is 0 Å². The number of benzene rings is 2. The van der Waals surface area contributed by atoms with Crippen LogP contribution in [0.4, 0.5) is 17.1 Å². The zero-order chi connectivity index (χ0) is 15.5. The highest BCUT2D eigenvalue weighted by molar-refractivity contribution is 6.18. The van der Waals surface area contributed by atoms with Gasteiger partial charge in [0.05, 0.1) is 11.0 Å². The summed E-state index contributed by atoms with van der Waals surface area (Å²) in [6.07, 6.45) is 2.81. The molecule has 2 aromatic carbocycles. The lowest BCUT2D eigenvalue weighted by molar-refractivity contribution is -0.385. The van der Waals surface area contributed by atoms with Crippen LogP contribution < -0.4 is 15.1 Å². The minimum absolute atomic E-state index is 0.0301. The molecule has 2 aliphatic heterocycles. The van der Waals surface area contributed by atoms with Crippen molar-refractivity contribution in [1.82, 2.24) is 4.65 Å². The Bertz CT molecular complexity index is 996. The van der Waals surface area contributed by atoms with Crippen molar-refractivity contribution in [3.8, 4) is 0 Å². The van der Waals surface area contributed by atoms with Crippen LogP contribution in [0.25, 0.3) is 12.3 Å². The minimum atomic E-state index is -1.03. The molecule has 2 heterocycles. The minimum Gasteiger partial charge on any atom is -0.614 e. The molecule has 7 nitrogen and oxygen atoms in total. The highest BCUT2D eigenvalue weighted by Gasteiger charge is 2.44. The molecule has 0 spiro atoms. The molecule has 7 heteroatoms. The van der Waals surface area contributed by atoms with E-state index in [1.807, 2.05) is 0 Å². The lowest BCUT2D eigenvalue weighted by Gasteiger charge is -2.30. The maximum atomic E-state index is 13.2. The summed E-state index contributed by atoms with van der Waals surface area (Å²) in [5, 5.41) is 37.4. The van der Waals surface area contributed by atoms with Gasteiger partial charge in [-0.1, -0.05) is 12.1 Å². The first-order valence-electron chi connectivity index (χ1n) is 6.54. The predicted molar refractivity (Wildman–Crippen MR) is 81.2 cm³/mol. The summed E-state index contributed by atoms with van der Waals surface area (Å²) in [4.78, 5) is 10.4. The van der Waals surface area contributed by atoms with E-state index in [0.717, 1.165) is 0 Å². The topological polar surface area (TPSA) is 92.3 Å². The summed E-state index contributed by atoms with van der Waals surface area (Å²) in [5.41, 5.74) is 0.508. The zero-order valence-electron chi connectivity index (χ0n) is 11.2. The van der Waals surface area contributed by atoms with E-state index in [0.29, 0.717) is 26.6 Å². The van der Waals surface area contributed by atoms with Gasteiger partial charge in [-0.25, -0.2) is 4.65 Å². The van der Waals surface area contributed by atoms with Crippen molar-refractivity contribution in [3.63, 3.8) is 0 Å². The fraction of sp³-hybridized carbons (Fsp3) is 0. The van der Waals surface area contributed by atoms with Gasteiger partial charge in [-0.15, -0.1) is 4.74 Å². The lowest BCUT2D eigenvalue weighted by atomic mass is 10.1. The summed E-state index contributed by atoms with van der Waals surface area (Å²) in [5.74, 6) is 0.0301. The van der Waals surface area contributed by atoms with Crippen molar-refractivity contribution in [3.05, 3.63) is 73.4 Å². The first-order valence-corrected chi connectivity index (χ1v) is 6.54. The van der Waals surface area contributed by atoms with Crippen LogP contribution in [0.1, 0.15) is 0 Å². The van der Waals surface area contributed by atoms with E-state index < -0.39 is 9.57 Å². The number of nitro benzene ring substituents is 1. The van der Waals surface area contributed by atoms with Crippen molar-refractivity contribution < 1.29 is 9.66 Å². The number of hydrogen-bond acceptors (Lipinski definition) is 4. The maximum Gasteiger partial charge on any atom is 0.391 e. The van der Waals surface area contributed by atoms with Crippen LogP contribution >= 0.6 is 0 Å². The van der Waals surface area contributed by atoms with Crippen molar-refractivity contribution in [2.75, 3.05) is 0 Å². The molecule has 2 aromatic rings. The highest BCUT2D eigenvalue weighted by Crippen LogP contribution is 2.40. The first-order chi connectivity index (χ1) is 10.5. The molecule has 0 N–H and O–H groups in total. The molecule has 4 rings (SSSR count). The summed E-state index contributed by atoms with van der Waals surface area (Å²) in [6, 6.07) is 10.8. The molecule has 108 valence electrons. The largest absolute Gasteiger partial charge is 0.614 e. The molecule has 0 saturated heterocycles. The quantitative estimate of drug-likeness (QED) is 0.260. The molecule has 1 unspecified atom stereocenters. The molecule has 2 aliphatic rings. The van der Waals surface area contributed by atoms with Gasteiger partial charge in [-0.2, -0.15) is 0 Å². The van der Waals surface area contributed by atoms with E-state index in [9.17, 15) is 20.5 Å². The van der Waals surface area contributed by atoms with Gasteiger partial charge >= 0.3 is 5.84 Å². The summed E-state index contributed by atoms with van der Waals surface area (Å²) < 4.78 is -0.420. The smallest absolute Gasteiger partial charge is 0.391 e. The van der Waals surface area contributed by atoms with Crippen LogP contribution in [0.15, 0.2) is 42.5 Å². The molecular formula is C15H9N3O4. The van der Waals surface area contributed by atoms with Gasteiger partial charge in [0, 0.05) is 34.7 Å². The van der Waals surface area contributed by atoms with Crippen LogP contribution in [0, 0.1) is 20.5 Å². The van der Waals surface area contributed by atoms with Crippen LogP contribution in [-0.2, 0) is 0 Å². The SMILES string of the molecule is O=[N+]([O-])c1ccc2c(c1)=C[N+]1([O-])C(=[N+]([O-])c3ccccc31)C=2. The van der Waals surface area contributed by atoms with E-state index >= 15 is 0 Å². The van der Waals surface area contributed by atoms with Gasteiger partial charge in [0.15, 0.2) is 0 Å². The Hall–Kier alpha value is -3.03. The van der Waals surface area contributed by atoms with E-state index in [-0.39, 0.29) is 11.5 Å². The molecule has 0 aromatic heterocycles. The Morgan fingerprint density at radius 3 is 2.64 bits per heavy atom. The van der Waals surface area contributed by atoms with Gasteiger partial charge in [-0.3, -0.25) is 10.1 Å². The number of nitrogens with zero attached hydrogens (tertiary/aromatic N) is 3. The van der Waals surface area contributed by atoms with Gasteiger partial charge < -0.3 is 10.4 Å². The Morgan fingerprint density at radius 2 is 1.86 bits per heavy atom. The second-order valence-electron chi connectivity index (χ2n) is 5.14. The number of para-hydroxylation sites is 2. The molecule has 0 radical (unpaired) electrons. The Morgan fingerprint density at radius 1 is 1.09 bits per heavy atom. The molecule has 0 saturated carbocycles. The number of fused-ring (bicyclic) bond motifs is 4. The monoisotopic (exact) mass is 295 g/mol. The number of rotatable bonds is 1. The van der Waals surface area contributed by atoms with E-state index in [4.69, 9.17) is 0 Å². The third-order valence-corrected chi connectivity index (χ3v) is 3.89. The van der Waals surface area contributed by atoms with Crippen molar-refractivity contribution in [2.45, 2.75) is 0 Å². The number of hydrogen-bond donors (Lipinski definition) is 0. The molecule has 0 bridgehead atoms. The van der Waals surface area contributed by atoms with Gasteiger partial charge in [-0.05, 0) is 6.07 Å². The molecular weight excluding hydrogens is 286 g/mol. The van der Waals surface area contributed by atoms with Gasteiger partial charge in [0.2, 0.25) is 5.69 Å². The zero-order valence-corrected chi connectivity index (χ0v) is 11.2. The normalized spacial score (nSPS) is 21.3. The average Bonchev–Trinajstić information content (AvgIpc) is 2.73. The van der Waals surface area contributed by atoms with Crippen LogP contribution in [0.5, 0.6) is 0 Å². The molecule has 22 heavy (non-hydrogen) atoms. The number of nitro groups is 1. The number of amidine groups is 1. The average molecular weight is 295 g/mol. The van der Waals surface area contributed by atoms with Crippen LogP contribution in [-0.4, -0.2) is 15.5 Å². The second-order valence-corrected chi connectivity index (χ2v) is 5.14. The van der Waals surface area contributed by atoms with Crippen LogP contribution in [0.3, 0.4) is 0 Å². The summed E-state index contributed by atoms with van der Waals surface area (Å²) >= 11 is 0. The van der Waals surface area contributed by atoms with Crippen molar-refractivity contribution in [1.29, 1.82) is 0 Å². The van der Waals surface area contributed by atoms with E-state index in [2.05, 4.69) is 0 Å². The van der Waals surface area contributed by atoms with Crippen molar-refractivity contribution in [2.24, 2.45) is 0 Å². The maximum absolute atomic E-state index is 13.2. The van der Waals surface area contributed by atoms with Gasteiger partial charge in [0.25, 0.3) is 11.4 Å². The molecule has 0 fully saturated rings. The molecule has 1 atom stereocenters. The second kappa shape index (κ2) is 4.00. The standard InChI is InChI=1S/C15H9N3O4/c19-16-13-3-1-2-4-14(13)18(22)9-11-7-12(17(20)21)6-5-10(11)8-15(16)18/h1-9H. The fourth-order valence-corrected chi connectivity index (χ4v) is 2.84. The van der Waals surface area contributed by atoms with Crippen molar-refractivity contribution >= 4 is 35.2 Å². The lowest BCUT2D eigenvalue weighted by Crippen LogP contribution is -2.49. The number of quaternary nitrogens is 1. The molecule has 0 aliphatic carbocycles. The molecule has 0 amide bonds. The first kappa shape index (κ1) is 12.7. The Kier molecular flexibility index (Phi) is 2.31. The summed E-state index contributed by atoms with van der Waals surface area (Å²) in [6.45, 7) is 0.